The first-order chi connectivity index (χ1) is 9.21. The third-order valence-corrected chi connectivity index (χ3v) is 4.31. The minimum Gasteiger partial charge on any atom is -0.492 e. The smallest absolute Gasteiger partial charge is 0.198 e. The second kappa shape index (κ2) is 4.97. The van der Waals surface area contributed by atoms with E-state index in [4.69, 9.17) is 4.74 Å². The highest BCUT2D eigenvalue weighted by molar-refractivity contribution is 6.04. The van der Waals surface area contributed by atoms with Gasteiger partial charge in [0.2, 0.25) is 0 Å². The van der Waals surface area contributed by atoms with Gasteiger partial charge < -0.3 is 9.84 Å². The fourth-order valence-electron chi connectivity index (χ4n) is 3.19. The molecule has 0 amide bonds. The van der Waals surface area contributed by atoms with E-state index in [0.29, 0.717) is 30.8 Å². The van der Waals surface area contributed by atoms with Crippen LogP contribution in [-0.2, 0) is 6.42 Å². The van der Waals surface area contributed by atoms with Gasteiger partial charge in [0.05, 0.1) is 12.2 Å². The van der Waals surface area contributed by atoms with Gasteiger partial charge in [-0.05, 0) is 24.5 Å². The molecule has 1 saturated carbocycles. The van der Waals surface area contributed by atoms with Crippen molar-refractivity contribution in [1.82, 2.24) is 0 Å². The first kappa shape index (κ1) is 12.7. The van der Waals surface area contributed by atoms with Crippen molar-refractivity contribution < 1.29 is 14.6 Å². The molecule has 0 unspecified atom stereocenters. The molecule has 3 rings (SSSR count). The number of aliphatic hydroxyl groups is 1. The summed E-state index contributed by atoms with van der Waals surface area (Å²) in [6.07, 6.45) is 6.09. The maximum Gasteiger partial charge on any atom is 0.198 e. The minimum absolute atomic E-state index is 0.145. The Hall–Kier alpha value is -1.35. The first-order valence-electron chi connectivity index (χ1n) is 7.23. The number of benzene rings is 1. The van der Waals surface area contributed by atoms with E-state index in [-0.39, 0.29) is 5.78 Å². The van der Waals surface area contributed by atoms with Crippen molar-refractivity contribution in [2.75, 3.05) is 6.61 Å². The van der Waals surface area contributed by atoms with Gasteiger partial charge in [0.1, 0.15) is 11.4 Å². The topological polar surface area (TPSA) is 46.5 Å². The predicted molar refractivity (Wildman–Crippen MR) is 72.6 cm³/mol. The van der Waals surface area contributed by atoms with Crippen LogP contribution in [0.4, 0.5) is 0 Å². The van der Waals surface area contributed by atoms with Crippen LogP contribution in [0.3, 0.4) is 0 Å². The fourth-order valence-corrected chi connectivity index (χ4v) is 3.19. The number of carbonyl (C=O) groups excluding carboxylic acids is 1. The number of para-hydroxylation sites is 1. The summed E-state index contributed by atoms with van der Waals surface area (Å²) in [6, 6.07) is 5.67. The van der Waals surface area contributed by atoms with Gasteiger partial charge >= 0.3 is 0 Å². The van der Waals surface area contributed by atoms with E-state index in [1.807, 2.05) is 12.1 Å². The van der Waals surface area contributed by atoms with Crippen molar-refractivity contribution in [2.24, 2.45) is 0 Å². The van der Waals surface area contributed by atoms with Crippen LogP contribution < -0.4 is 4.74 Å². The van der Waals surface area contributed by atoms with Gasteiger partial charge in [0.15, 0.2) is 5.78 Å². The largest absolute Gasteiger partial charge is 0.492 e. The SMILES string of the molecule is O=C(c1cccc2c1OCC2)C1(O)CCCCCC1. The second-order valence-corrected chi connectivity index (χ2v) is 5.67. The van der Waals surface area contributed by atoms with Crippen molar-refractivity contribution in [1.29, 1.82) is 0 Å². The lowest BCUT2D eigenvalue weighted by molar-refractivity contribution is 0.0235. The molecule has 102 valence electrons. The van der Waals surface area contributed by atoms with Gasteiger partial charge in [0.25, 0.3) is 0 Å². The Morgan fingerprint density at radius 2 is 1.89 bits per heavy atom. The van der Waals surface area contributed by atoms with Crippen LogP contribution in [0.15, 0.2) is 18.2 Å². The van der Waals surface area contributed by atoms with Gasteiger partial charge in [-0.25, -0.2) is 0 Å². The highest BCUT2D eigenvalue weighted by Gasteiger charge is 2.38. The molecule has 1 heterocycles. The Morgan fingerprint density at radius 3 is 2.63 bits per heavy atom. The van der Waals surface area contributed by atoms with E-state index in [2.05, 4.69) is 0 Å². The van der Waals surface area contributed by atoms with E-state index < -0.39 is 5.60 Å². The van der Waals surface area contributed by atoms with Crippen LogP contribution in [0.1, 0.15) is 54.4 Å². The second-order valence-electron chi connectivity index (χ2n) is 5.67. The molecular formula is C16H20O3. The molecule has 1 aromatic rings. The normalized spacial score (nSPS) is 21.3. The monoisotopic (exact) mass is 260 g/mol. The van der Waals surface area contributed by atoms with Crippen molar-refractivity contribution in [3.8, 4) is 5.75 Å². The Kier molecular flexibility index (Phi) is 3.31. The number of fused-ring (bicyclic) bond motifs is 1. The summed E-state index contributed by atoms with van der Waals surface area (Å²) in [5, 5.41) is 10.7. The van der Waals surface area contributed by atoms with Gasteiger partial charge in [-0.2, -0.15) is 0 Å². The summed E-state index contributed by atoms with van der Waals surface area (Å²) in [5.74, 6) is 0.554. The number of ether oxygens (including phenoxy) is 1. The lowest BCUT2D eigenvalue weighted by Crippen LogP contribution is -2.38. The van der Waals surface area contributed by atoms with Crippen LogP contribution in [0, 0.1) is 0 Å². The average molecular weight is 260 g/mol. The molecule has 3 nitrogen and oxygen atoms in total. The number of hydrogen-bond donors (Lipinski definition) is 1. The van der Waals surface area contributed by atoms with Gasteiger partial charge in [-0.15, -0.1) is 0 Å². The Morgan fingerprint density at radius 1 is 1.16 bits per heavy atom. The van der Waals surface area contributed by atoms with Crippen molar-refractivity contribution in [3.05, 3.63) is 29.3 Å². The summed E-state index contributed by atoms with van der Waals surface area (Å²) in [7, 11) is 0. The molecule has 1 fully saturated rings. The molecule has 2 aliphatic rings. The van der Waals surface area contributed by atoms with Crippen LogP contribution in [0.2, 0.25) is 0 Å². The third kappa shape index (κ3) is 2.27. The summed E-state index contributed by atoms with van der Waals surface area (Å²) in [5.41, 5.74) is 0.472. The molecule has 3 heteroatoms. The molecule has 0 saturated heterocycles. The number of ketones is 1. The standard InChI is InChI=1S/C16H20O3/c17-15(16(18)9-3-1-2-4-10-16)13-7-5-6-12-8-11-19-14(12)13/h5-7,18H,1-4,8-11H2. The van der Waals surface area contributed by atoms with Gasteiger partial charge in [-0.1, -0.05) is 37.8 Å². The maximum atomic E-state index is 12.7. The molecule has 0 radical (unpaired) electrons. The number of Topliss-reactive ketones (excluding diaryl/α,β-unsaturated/α-hetero) is 1. The third-order valence-electron chi connectivity index (χ3n) is 4.31. The first-order valence-corrected chi connectivity index (χ1v) is 7.23. The summed E-state index contributed by atoms with van der Waals surface area (Å²) < 4.78 is 5.59. The molecule has 0 bridgehead atoms. The molecule has 19 heavy (non-hydrogen) atoms. The zero-order valence-electron chi connectivity index (χ0n) is 11.2. The zero-order valence-corrected chi connectivity index (χ0v) is 11.2. The molecule has 1 aliphatic carbocycles. The van der Waals surface area contributed by atoms with E-state index in [9.17, 15) is 9.90 Å². The van der Waals surface area contributed by atoms with Gasteiger partial charge in [0, 0.05) is 6.42 Å². The van der Waals surface area contributed by atoms with E-state index >= 15 is 0 Å². The molecule has 1 aliphatic heterocycles. The molecule has 0 atom stereocenters. The quantitative estimate of drug-likeness (QED) is 0.657. The Balaban J connectivity index is 1.93. The molecule has 0 spiro atoms. The zero-order chi connectivity index (χ0) is 13.3. The maximum absolute atomic E-state index is 12.7. The van der Waals surface area contributed by atoms with Crippen LogP contribution in [0.25, 0.3) is 0 Å². The van der Waals surface area contributed by atoms with Crippen molar-refractivity contribution >= 4 is 5.78 Å². The van der Waals surface area contributed by atoms with Crippen LogP contribution in [-0.4, -0.2) is 23.1 Å². The summed E-state index contributed by atoms with van der Waals surface area (Å²) >= 11 is 0. The molecule has 1 N–H and O–H groups in total. The van der Waals surface area contributed by atoms with E-state index in [1.165, 1.54) is 0 Å². The summed E-state index contributed by atoms with van der Waals surface area (Å²) in [6.45, 7) is 0.637. The highest BCUT2D eigenvalue weighted by atomic mass is 16.5. The van der Waals surface area contributed by atoms with E-state index in [1.54, 1.807) is 6.07 Å². The summed E-state index contributed by atoms with van der Waals surface area (Å²) in [4.78, 5) is 12.7. The number of carbonyl (C=O) groups is 1. The highest BCUT2D eigenvalue weighted by Crippen LogP contribution is 2.36. The Bertz CT molecular complexity index is 485. The lowest BCUT2D eigenvalue weighted by atomic mass is 9.85. The molecule has 0 aromatic heterocycles. The Labute approximate surface area is 113 Å². The van der Waals surface area contributed by atoms with Crippen molar-refractivity contribution in [2.45, 2.75) is 50.5 Å². The predicted octanol–water partition coefficient (Wildman–Crippen LogP) is 2.89. The molecular weight excluding hydrogens is 240 g/mol. The number of hydrogen-bond acceptors (Lipinski definition) is 3. The number of rotatable bonds is 2. The average Bonchev–Trinajstić information content (AvgIpc) is 2.79. The lowest BCUT2D eigenvalue weighted by Gasteiger charge is -2.25. The van der Waals surface area contributed by atoms with Crippen LogP contribution in [0.5, 0.6) is 5.75 Å². The van der Waals surface area contributed by atoms with Crippen molar-refractivity contribution in [3.63, 3.8) is 0 Å². The van der Waals surface area contributed by atoms with Gasteiger partial charge in [-0.3, -0.25) is 4.79 Å². The van der Waals surface area contributed by atoms with E-state index in [0.717, 1.165) is 37.7 Å². The fraction of sp³-hybridized carbons (Fsp3) is 0.562. The molecule has 1 aromatic carbocycles. The minimum atomic E-state index is -1.18. The van der Waals surface area contributed by atoms with Crippen LogP contribution >= 0.6 is 0 Å².